The van der Waals surface area contributed by atoms with Gasteiger partial charge in [0, 0.05) is 18.5 Å². The van der Waals surface area contributed by atoms with E-state index in [9.17, 15) is 0 Å². The molecule has 17 heavy (non-hydrogen) atoms. The van der Waals surface area contributed by atoms with E-state index in [2.05, 4.69) is 34.9 Å². The Labute approximate surface area is 106 Å². The molecule has 0 saturated heterocycles. The zero-order valence-corrected chi connectivity index (χ0v) is 11.0. The summed E-state index contributed by atoms with van der Waals surface area (Å²) in [6.07, 6.45) is 1.16. The molecule has 1 aromatic heterocycles. The van der Waals surface area contributed by atoms with Crippen molar-refractivity contribution in [1.82, 2.24) is 9.78 Å². The summed E-state index contributed by atoms with van der Waals surface area (Å²) in [5.74, 6) is 2.39. The van der Waals surface area contributed by atoms with Crippen LogP contribution in [0.2, 0.25) is 0 Å². The average molecular weight is 249 g/mol. The van der Waals surface area contributed by atoms with Gasteiger partial charge in [0.2, 0.25) is 0 Å². The third-order valence-corrected chi connectivity index (χ3v) is 3.78. The van der Waals surface area contributed by atoms with Crippen LogP contribution in [0.25, 0.3) is 10.9 Å². The van der Waals surface area contributed by atoms with Gasteiger partial charge in [-0.25, -0.2) is 0 Å². The van der Waals surface area contributed by atoms with E-state index >= 15 is 0 Å². The molecular weight excluding hydrogens is 230 g/mol. The summed E-state index contributed by atoms with van der Waals surface area (Å²) in [5.41, 5.74) is 7.93. The van der Waals surface area contributed by atoms with Crippen molar-refractivity contribution in [2.75, 3.05) is 11.5 Å². The van der Waals surface area contributed by atoms with Crippen molar-refractivity contribution < 1.29 is 0 Å². The highest BCUT2D eigenvalue weighted by Crippen LogP contribution is 2.18. The maximum atomic E-state index is 5.73. The van der Waals surface area contributed by atoms with E-state index in [4.69, 9.17) is 5.73 Å². The molecule has 3 nitrogen and oxygen atoms in total. The predicted octanol–water partition coefficient (Wildman–Crippen LogP) is 2.64. The maximum Gasteiger partial charge on any atom is 0.0838 e. The minimum atomic E-state index is 0.511. The first-order chi connectivity index (χ1) is 8.36. The molecule has 1 aromatic carbocycles. The first-order valence-electron chi connectivity index (χ1n) is 6.09. The van der Waals surface area contributed by atoms with Crippen molar-refractivity contribution in [2.24, 2.45) is 5.73 Å². The van der Waals surface area contributed by atoms with Crippen molar-refractivity contribution in [3.63, 3.8) is 0 Å². The SMILES string of the molecule is CCSCCCn1nc(CN)c2ccccc21. The van der Waals surface area contributed by atoms with E-state index in [1.807, 2.05) is 17.8 Å². The lowest BCUT2D eigenvalue weighted by Gasteiger charge is -2.02. The zero-order valence-electron chi connectivity index (χ0n) is 10.2. The number of nitrogens with zero attached hydrogens (tertiary/aromatic N) is 2. The summed E-state index contributed by atoms with van der Waals surface area (Å²) >= 11 is 1.98. The Morgan fingerprint density at radius 2 is 2.18 bits per heavy atom. The van der Waals surface area contributed by atoms with E-state index in [1.54, 1.807) is 0 Å². The number of aromatic nitrogens is 2. The maximum absolute atomic E-state index is 5.73. The van der Waals surface area contributed by atoms with Gasteiger partial charge < -0.3 is 5.73 Å². The standard InChI is InChI=1S/C13H19N3S/c1-2-17-9-5-8-16-13-7-4-3-6-11(13)12(10-14)15-16/h3-4,6-7H,2,5,8-10,14H2,1H3. The summed E-state index contributed by atoms with van der Waals surface area (Å²) in [6, 6.07) is 8.32. The highest BCUT2D eigenvalue weighted by atomic mass is 32.2. The van der Waals surface area contributed by atoms with Crippen LogP contribution in [-0.2, 0) is 13.1 Å². The smallest absolute Gasteiger partial charge is 0.0838 e. The number of fused-ring (bicyclic) bond motifs is 1. The third-order valence-electron chi connectivity index (χ3n) is 2.79. The van der Waals surface area contributed by atoms with Crippen LogP contribution >= 0.6 is 11.8 Å². The molecule has 2 N–H and O–H groups in total. The second-order valence-electron chi connectivity index (χ2n) is 3.94. The second-order valence-corrected chi connectivity index (χ2v) is 5.34. The number of para-hydroxylation sites is 1. The summed E-state index contributed by atoms with van der Waals surface area (Å²) in [4.78, 5) is 0. The van der Waals surface area contributed by atoms with Crippen LogP contribution < -0.4 is 5.73 Å². The lowest BCUT2D eigenvalue weighted by Crippen LogP contribution is -2.03. The first-order valence-corrected chi connectivity index (χ1v) is 7.24. The van der Waals surface area contributed by atoms with Crippen LogP contribution in [0.15, 0.2) is 24.3 Å². The fraction of sp³-hybridized carbons (Fsp3) is 0.462. The third kappa shape index (κ3) is 2.82. The fourth-order valence-corrected chi connectivity index (χ4v) is 2.60. The number of nitrogens with two attached hydrogens (primary N) is 1. The number of aryl methyl sites for hydroxylation is 1. The largest absolute Gasteiger partial charge is 0.325 e. The number of hydrogen-bond acceptors (Lipinski definition) is 3. The summed E-state index contributed by atoms with van der Waals surface area (Å²) in [5, 5.41) is 5.78. The molecule has 0 saturated carbocycles. The quantitative estimate of drug-likeness (QED) is 0.800. The predicted molar refractivity (Wildman–Crippen MR) is 75.2 cm³/mol. The van der Waals surface area contributed by atoms with Crippen LogP contribution in [0.3, 0.4) is 0 Å². The number of benzene rings is 1. The van der Waals surface area contributed by atoms with Gasteiger partial charge in [-0.15, -0.1) is 0 Å². The minimum absolute atomic E-state index is 0.511. The monoisotopic (exact) mass is 249 g/mol. The van der Waals surface area contributed by atoms with Gasteiger partial charge in [-0.1, -0.05) is 25.1 Å². The molecule has 4 heteroatoms. The van der Waals surface area contributed by atoms with E-state index < -0.39 is 0 Å². The lowest BCUT2D eigenvalue weighted by atomic mass is 10.2. The van der Waals surface area contributed by atoms with Crippen LogP contribution in [-0.4, -0.2) is 21.3 Å². The molecule has 2 rings (SSSR count). The highest BCUT2D eigenvalue weighted by molar-refractivity contribution is 7.99. The molecule has 0 aliphatic carbocycles. The summed E-state index contributed by atoms with van der Waals surface area (Å²) in [7, 11) is 0. The molecule has 0 amide bonds. The Hall–Kier alpha value is -1.00. The van der Waals surface area contributed by atoms with Gasteiger partial charge in [-0.3, -0.25) is 4.68 Å². The molecule has 0 atom stereocenters. The molecule has 0 aliphatic heterocycles. The topological polar surface area (TPSA) is 43.8 Å². The Morgan fingerprint density at radius 1 is 1.35 bits per heavy atom. The Bertz CT molecular complexity index is 478. The molecule has 0 bridgehead atoms. The van der Waals surface area contributed by atoms with Crippen molar-refractivity contribution >= 4 is 22.7 Å². The second kappa shape index (κ2) is 6.07. The van der Waals surface area contributed by atoms with Gasteiger partial charge in [-0.2, -0.15) is 16.9 Å². The van der Waals surface area contributed by atoms with Crippen LogP contribution in [0.1, 0.15) is 19.0 Å². The molecule has 0 spiro atoms. The molecule has 0 aliphatic rings. The number of rotatable bonds is 6. The Balaban J connectivity index is 2.16. The number of thioether (sulfide) groups is 1. The molecule has 0 radical (unpaired) electrons. The minimum Gasteiger partial charge on any atom is -0.325 e. The van der Waals surface area contributed by atoms with E-state index in [1.165, 1.54) is 22.4 Å². The zero-order chi connectivity index (χ0) is 12.1. The molecule has 1 heterocycles. The summed E-state index contributed by atoms with van der Waals surface area (Å²) in [6.45, 7) is 3.69. The van der Waals surface area contributed by atoms with Crippen molar-refractivity contribution in [2.45, 2.75) is 26.4 Å². The highest BCUT2D eigenvalue weighted by Gasteiger charge is 2.07. The van der Waals surface area contributed by atoms with Crippen LogP contribution in [0.5, 0.6) is 0 Å². The molecular formula is C13H19N3S. The van der Waals surface area contributed by atoms with Gasteiger partial charge >= 0.3 is 0 Å². The van der Waals surface area contributed by atoms with E-state index in [0.29, 0.717) is 6.54 Å². The normalized spacial score (nSPS) is 11.2. The molecule has 0 unspecified atom stereocenters. The van der Waals surface area contributed by atoms with Crippen molar-refractivity contribution in [3.8, 4) is 0 Å². The van der Waals surface area contributed by atoms with Crippen LogP contribution in [0.4, 0.5) is 0 Å². The fourth-order valence-electron chi connectivity index (χ4n) is 1.98. The molecule has 0 fully saturated rings. The van der Waals surface area contributed by atoms with Crippen molar-refractivity contribution in [3.05, 3.63) is 30.0 Å². The van der Waals surface area contributed by atoms with Gasteiger partial charge in [0.05, 0.1) is 11.2 Å². The molecule has 2 aromatic rings. The van der Waals surface area contributed by atoms with E-state index in [-0.39, 0.29) is 0 Å². The summed E-state index contributed by atoms with van der Waals surface area (Å²) < 4.78 is 2.09. The molecule has 92 valence electrons. The van der Waals surface area contributed by atoms with Gasteiger partial charge in [0.1, 0.15) is 0 Å². The van der Waals surface area contributed by atoms with E-state index in [0.717, 1.165) is 18.7 Å². The van der Waals surface area contributed by atoms with Gasteiger partial charge in [0.15, 0.2) is 0 Å². The Morgan fingerprint density at radius 3 is 2.94 bits per heavy atom. The average Bonchev–Trinajstić information content (AvgIpc) is 2.73. The number of hydrogen-bond donors (Lipinski definition) is 1. The van der Waals surface area contributed by atoms with Gasteiger partial charge in [0.25, 0.3) is 0 Å². The van der Waals surface area contributed by atoms with Crippen LogP contribution in [0, 0.1) is 0 Å². The van der Waals surface area contributed by atoms with Gasteiger partial charge in [-0.05, 0) is 24.0 Å². The lowest BCUT2D eigenvalue weighted by molar-refractivity contribution is 0.616. The van der Waals surface area contributed by atoms with Crippen molar-refractivity contribution in [1.29, 1.82) is 0 Å². The Kier molecular flexibility index (Phi) is 4.45. The first kappa shape index (κ1) is 12.5.